The Hall–Kier alpha value is -0.870. The van der Waals surface area contributed by atoms with E-state index >= 15 is 0 Å². The molecule has 0 amide bonds. The topological polar surface area (TPSA) is 63.6 Å². The minimum atomic E-state index is -1.52. The monoisotopic (exact) mass is 272 g/mol. The molecule has 100 valence electrons. The summed E-state index contributed by atoms with van der Waals surface area (Å²) in [6.45, 7) is 3.89. The molecule has 4 atom stereocenters. The minimum absolute atomic E-state index is 0.131. The summed E-state index contributed by atoms with van der Waals surface area (Å²) in [7, 11) is 0. The third-order valence-corrected chi connectivity index (χ3v) is 4.42. The Kier molecular flexibility index (Phi) is 3.52. The molecule has 1 fully saturated rings. The second-order valence-corrected chi connectivity index (χ2v) is 5.27. The number of ether oxygens (including phenoxy) is 1. The number of Topliss-reactive ketones (excluding diaryl/α,β-unsaturated/α-hetero) is 1. The quantitative estimate of drug-likeness (QED) is 0.478. The van der Waals surface area contributed by atoms with Gasteiger partial charge in [-0.3, -0.25) is 9.59 Å². The van der Waals surface area contributed by atoms with Gasteiger partial charge in [0.15, 0.2) is 5.78 Å². The number of rotatable bonds is 3. The van der Waals surface area contributed by atoms with E-state index in [-0.39, 0.29) is 23.6 Å². The van der Waals surface area contributed by atoms with E-state index in [1.165, 1.54) is 0 Å². The summed E-state index contributed by atoms with van der Waals surface area (Å²) < 4.78 is 4.98. The van der Waals surface area contributed by atoms with Crippen LogP contribution in [0.5, 0.6) is 0 Å². The van der Waals surface area contributed by atoms with E-state index in [1.807, 2.05) is 6.92 Å². The number of allylic oxidation sites excluding steroid dienone is 1. The van der Waals surface area contributed by atoms with Crippen molar-refractivity contribution in [3.05, 3.63) is 11.6 Å². The number of hydrogen-bond donors (Lipinski definition) is 1. The van der Waals surface area contributed by atoms with Gasteiger partial charge in [0.05, 0.1) is 24.3 Å². The Balaban J connectivity index is 2.32. The van der Waals surface area contributed by atoms with Crippen molar-refractivity contribution in [2.75, 3.05) is 12.5 Å². The minimum Gasteiger partial charge on any atom is -0.466 e. The molecule has 1 saturated carbocycles. The lowest BCUT2D eigenvalue weighted by Crippen LogP contribution is -2.60. The summed E-state index contributed by atoms with van der Waals surface area (Å²) in [6, 6.07) is 0. The molecule has 0 aromatic rings. The van der Waals surface area contributed by atoms with Gasteiger partial charge in [-0.25, -0.2) is 0 Å². The first-order valence-electron chi connectivity index (χ1n) is 6.13. The first-order chi connectivity index (χ1) is 8.45. The molecule has 0 unspecified atom stereocenters. The van der Waals surface area contributed by atoms with E-state index in [0.717, 1.165) is 5.57 Å². The average Bonchev–Trinajstić information content (AvgIpc) is 2.35. The zero-order valence-electron chi connectivity index (χ0n) is 10.5. The molecule has 0 aliphatic heterocycles. The van der Waals surface area contributed by atoms with Gasteiger partial charge in [0.2, 0.25) is 0 Å². The summed E-state index contributed by atoms with van der Waals surface area (Å²) in [5.74, 6) is -2.29. The Morgan fingerprint density at radius 3 is 2.89 bits per heavy atom. The fourth-order valence-corrected chi connectivity index (χ4v) is 3.36. The third-order valence-electron chi connectivity index (χ3n) is 4.01. The van der Waals surface area contributed by atoms with Gasteiger partial charge in [-0.1, -0.05) is 11.6 Å². The van der Waals surface area contributed by atoms with E-state index in [9.17, 15) is 14.7 Å². The van der Waals surface area contributed by atoms with Gasteiger partial charge in [-0.2, -0.15) is 0 Å². The number of hydrogen-bond acceptors (Lipinski definition) is 4. The molecule has 0 aromatic carbocycles. The number of esters is 1. The van der Waals surface area contributed by atoms with Gasteiger partial charge in [0.25, 0.3) is 0 Å². The van der Waals surface area contributed by atoms with Gasteiger partial charge in [-0.05, 0) is 20.3 Å². The Bertz CT molecular complexity index is 417. The third kappa shape index (κ3) is 1.79. The van der Waals surface area contributed by atoms with Gasteiger partial charge >= 0.3 is 5.97 Å². The first kappa shape index (κ1) is 13.6. The summed E-state index contributed by atoms with van der Waals surface area (Å²) in [5, 5.41) is 10.4. The number of halogens is 1. The molecule has 0 saturated heterocycles. The van der Waals surface area contributed by atoms with Crippen LogP contribution in [0, 0.1) is 17.8 Å². The van der Waals surface area contributed by atoms with Crippen molar-refractivity contribution in [1.82, 2.24) is 0 Å². The summed E-state index contributed by atoms with van der Waals surface area (Å²) in [5.41, 5.74) is -0.586. The SMILES string of the molecule is CCOC(=O)[C@H]1C[C@H]2C(C)=C[C@@H]1C(=O)[C@]2(O)CCl. The Labute approximate surface area is 111 Å². The second-order valence-electron chi connectivity index (χ2n) is 5.01. The average molecular weight is 273 g/mol. The van der Waals surface area contributed by atoms with E-state index in [2.05, 4.69) is 0 Å². The van der Waals surface area contributed by atoms with Crippen LogP contribution in [0.25, 0.3) is 0 Å². The van der Waals surface area contributed by atoms with Crippen molar-refractivity contribution in [2.24, 2.45) is 17.8 Å². The van der Waals surface area contributed by atoms with E-state index in [4.69, 9.17) is 16.3 Å². The van der Waals surface area contributed by atoms with Gasteiger partial charge in [-0.15, -0.1) is 11.6 Å². The molecule has 0 spiro atoms. The number of carbonyl (C=O) groups is 2. The van der Waals surface area contributed by atoms with Crippen molar-refractivity contribution in [2.45, 2.75) is 25.9 Å². The van der Waals surface area contributed by atoms with Crippen LogP contribution in [0.3, 0.4) is 0 Å². The van der Waals surface area contributed by atoms with Crippen molar-refractivity contribution in [3.63, 3.8) is 0 Å². The normalized spacial score (nSPS) is 38.6. The van der Waals surface area contributed by atoms with Crippen molar-refractivity contribution in [1.29, 1.82) is 0 Å². The molecule has 0 radical (unpaired) electrons. The van der Waals surface area contributed by atoms with Crippen LogP contribution in [-0.2, 0) is 14.3 Å². The molecule has 2 bridgehead atoms. The molecule has 5 heteroatoms. The highest BCUT2D eigenvalue weighted by Gasteiger charge is 2.58. The molecule has 3 aliphatic carbocycles. The smallest absolute Gasteiger partial charge is 0.310 e. The van der Waals surface area contributed by atoms with Crippen LogP contribution in [0.15, 0.2) is 11.6 Å². The van der Waals surface area contributed by atoms with Crippen LogP contribution < -0.4 is 0 Å². The molecule has 1 N–H and O–H groups in total. The van der Waals surface area contributed by atoms with Crippen LogP contribution >= 0.6 is 11.6 Å². The Morgan fingerprint density at radius 2 is 2.33 bits per heavy atom. The first-order valence-corrected chi connectivity index (χ1v) is 6.66. The molecule has 0 aromatic heterocycles. The zero-order chi connectivity index (χ0) is 13.5. The molecule has 3 rings (SSSR count). The predicted molar refractivity (Wildman–Crippen MR) is 66.2 cm³/mol. The van der Waals surface area contributed by atoms with Gasteiger partial charge in [0.1, 0.15) is 5.60 Å². The number of fused-ring (bicyclic) bond motifs is 2. The lowest BCUT2D eigenvalue weighted by Gasteiger charge is -2.47. The highest BCUT2D eigenvalue weighted by Crippen LogP contribution is 2.48. The predicted octanol–water partition coefficient (Wildman–Crippen LogP) is 1.30. The largest absolute Gasteiger partial charge is 0.466 e. The zero-order valence-corrected chi connectivity index (χ0v) is 11.2. The number of aliphatic hydroxyl groups is 1. The van der Waals surface area contributed by atoms with E-state index in [1.54, 1.807) is 13.0 Å². The fraction of sp³-hybridized carbons (Fsp3) is 0.692. The molecular weight excluding hydrogens is 256 g/mol. The molecule has 18 heavy (non-hydrogen) atoms. The molecule has 0 heterocycles. The maximum atomic E-state index is 12.2. The van der Waals surface area contributed by atoms with Crippen molar-refractivity contribution < 1.29 is 19.4 Å². The lowest BCUT2D eigenvalue weighted by atomic mass is 9.58. The Morgan fingerprint density at radius 1 is 1.67 bits per heavy atom. The maximum Gasteiger partial charge on any atom is 0.310 e. The fourth-order valence-electron chi connectivity index (χ4n) is 3.04. The summed E-state index contributed by atoms with van der Waals surface area (Å²) in [6.07, 6.45) is 2.21. The molecular formula is C13H17ClO4. The number of alkyl halides is 1. The van der Waals surface area contributed by atoms with E-state index in [0.29, 0.717) is 13.0 Å². The standard InChI is InChI=1S/C13H17ClO4/c1-3-18-12(16)9-5-10-7(2)4-8(9)11(15)13(10,17)6-14/h4,8-10,17H,3,5-6H2,1-2H3/t8-,9-,10-,13-/m0/s1. The van der Waals surface area contributed by atoms with Crippen LogP contribution in [0.2, 0.25) is 0 Å². The highest BCUT2D eigenvalue weighted by molar-refractivity contribution is 6.21. The van der Waals surface area contributed by atoms with Gasteiger partial charge in [0, 0.05) is 5.92 Å². The molecule has 3 aliphatic rings. The summed E-state index contributed by atoms with van der Waals surface area (Å²) >= 11 is 5.75. The van der Waals surface area contributed by atoms with E-state index < -0.39 is 17.4 Å². The lowest BCUT2D eigenvalue weighted by molar-refractivity contribution is -0.165. The second kappa shape index (κ2) is 4.67. The van der Waals surface area contributed by atoms with Crippen molar-refractivity contribution >= 4 is 23.4 Å². The summed E-state index contributed by atoms with van der Waals surface area (Å²) in [4.78, 5) is 24.0. The number of ketones is 1. The maximum absolute atomic E-state index is 12.2. The van der Waals surface area contributed by atoms with Gasteiger partial charge < -0.3 is 9.84 Å². The van der Waals surface area contributed by atoms with Crippen molar-refractivity contribution in [3.8, 4) is 0 Å². The van der Waals surface area contributed by atoms with Crippen LogP contribution in [0.4, 0.5) is 0 Å². The van der Waals surface area contributed by atoms with Crippen LogP contribution in [-0.4, -0.2) is 34.9 Å². The number of carbonyl (C=O) groups excluding carboxylic acids is 2. The molecule has 4 nitrogen and oxygen atoms in total. The highest BCUT2D eigenvalue weighted by atomic mass is 35.5. The van der Waals surface area contributed by atoms with Crippen LogP contribution in [0.1, 0.15) is 20.3 Å².